The summed E-state index contributed by atoms with van der Waals surface area (Å²) in [6, 6.07) is 13.5. The molecule has 7 heteroatoms. The number of hydrogen-bond acceptors (Lipinski definition) is 2. The third-order valence-corrected chi connectivity index (χ3v) is 5.81. The van der Waals surface area contributed by atoms with Gasteiger partial charge in [0.05, 0.1) is 17.8 Å². The molecule has 154 valence electrons. The number of alkyl halides is 3. The number of aryl methyl sites for hydroxylation is 1. The molecule has 2 aromatic heterocycles. The van der Waals surface area contributed by atoms with Gasteiger partial charge in [-0.3, -0.25) is 9.58 Å². The molecule has 5 rings (SSSR count). The zero-order valence-corrected chi connectivity index (χ0v) is 16.4. The number of para-hydroxylation sites is 1. The molecule has 0 bridgehead atoms. The van der Waals surface area contributed by atoms with E-state index in [1.54, 1.807) is 10.7 Å². The van der Waals surface area contributed by atoms with Gasteiger partial charge in [-0.2, -0.15) is 18.3 Å². The molecule has 0 saturated carbocycles. The summed E-state index contributed by atoms with van der Waals surface area (Å²) in [6.45, 7) is 1.37. The summed E-state index contributed by atoms with van der Waals surface area (Å²) in [4.78, 5) is 5.73. The summed E-state index contributed by atoms with van der Waals surface area (Å²) in [7, 11) is 1.86. The second-order valence-electron chi connectivity index (χ2n) is 7.83. The highest BCUT2D eigenvalue weighted by Gasteiger charge is 2.35. The quantitative estimate of drug-likeness (QED) is 0.512. The first kappa shape index (κ1) is 18.9. The predicted molar refractivity (Wildman–Crippen MR) is 109 cm³/mol. The highest BCUT2D eigenvalue weighted by atomic mass is 19.4. The molecule has 2 aromatic carbocycles. The van der Waals surface area contributed by atoms with Crippen LogP contribution in [0.4, 0.5) is 13.2 Å². The number of H-pyrrole nitrogens is 1. The first-order chi connectivity index (χ1) is 14.4. The van der Waals surface area contributed by atoms with E-state index >= 15 is 0 Å². The van der Waals surface area contributed by atoms with Crippen LogP contribution in [0.3, 0.4) is 0 Å². The van der Waals surface area contributed by atoms with Gasteiger partial charge in [0.1, 0.15) is 0 Å². The topological polar surface area (TPSA) is 36.9 Å². The lowest BCUT2D eigenvalue weighted by molar-refractivity contribution is -0.137. The van der Waals surface area contributed by atoms with E-state index in [1.165, 1.54) is 17.7 Å². The zero-order chi connectivity index (χ0) is 20.9. The van der Waals surface area contributed by atoms with Gasteiger partial charge in [-0.05, 0) is 35.7 Å². The minimum absolute atomic E-state index is 0.288. The van der Waals surface area contributed by atoms with Crippen molar-refractivity contribution in [3.63, 3.8) is 0 Å². The number of aromatic amines is 1. The van der Waals surface area contributed by atoms with Crippen molar-refractivity contribution in [1.82, 2.24) is 19.7 Å². The Bertz CT molecular complexity index is 1200. The largest absolute Gasteiger partial charge is 0.416 e. The molecule has 1 N–H and O–H groups in total. The minimum atomic E-state index is -4.37. The second kappa shape index (κ2) is 7.02. The van der Waals surface area contributed by atoms with Gasteiger partial charge < -0.3 is 4.98 Å². The van der Waals surface area contributed by atoms with Crippen LogP contribution in [-0.2, 0) is 26.2 Å². The van der Waals surface area contributed by atoms with Gasteiger partial charge >= 0.3 is 6.18 Å². The molecule has 30 heavy (non-hydrogen) atoms. The van der Waals surface area contributed by atoms with Gasteiger partial charge in [-0.25, -0.2) is 0 Å². The number of hydrogen-bond donors (Lipinski definition) is 1. The molecule has 4 nitrogen and oxygen atoms in total. The lowest BCUT2D eigenvalue weighted by Crippen LogP contribution is -2.35. The fourth-order valence-corrected chi connectivity index (χ4v) is 4.51. The molecular weight excluding hydrogens is 389 g/mol. The molecule has 0 spiro atoms. The van der Waals surface area contributed by atoms with Crippen LogP contribution in [-0.4, -0.2) is 26.2 Å². The van der Waals surface area contributed by atoms with Crippen LogP contribution in [0, 0.1) is 0 Å². The minimum Gasteiger partial charge on any atom is -0.357 e. The Balaban J connectivity index is 1.64. The summed E-state index contributed by atoms with van der Waals surface area (Å²) < 4.78 is 42.0. The Morgan fingerprint density at radius 3 is 2.73 bits per heavy atom. The first-order valence-corrected chi connectivity index (χ1v) is 9.88. The predicted octanol–water partition coefficient (Wildman–Crippen LogP) is 5.07. The van der Waals surface area contributed by atoms with Crippen molar-refractivity contribution in [3.05, 3.63) is 88.9 Å². The molecule has 0 fully saturated rings. The van der Waals surface area contributed by atoms with Crippen LogP contribution in [0.2, 0.25) is 0 Å². The van der Waals surface area contributed by atoms with E-state index < -0.39 is 11.7 Å². The molecule has 0 amide bonds. The Morgan fingerprint density at radius 1 is 1.13 bits per heavy atom. The molecule has 1 aliphatic heterocycles. The molecule has 1 aliphatic rings. The average molecular weight is 410 g/mol. The smallest absolute Gasteiger partial charge is 0.357 e. The standard InChI is InChI=1S/C23H21F3N4/c1-29-13-15(12-27-29)14-30-10-9-19-18-7-2-3-8-20(18)28-21(19)22(30)16-5-4-6-17(11-16)23(24,25)26/h2-8,11-13,22,28H,9-10,14H2,1H3. The molecule has 3 heterocycles. The summed E-state index contributed by atoms with van der Waals surface area (Å²) in [5.41, 5.74) is 4.24. The lowest BCUT2D eigenvalue weighted by Gasteiger charge is -2.36. The monoisotopic (exact) mass is 410 g/mol. The molecule has 0 radical (unpaired) electrons. The molecule has 0 aliphatic carbocycles. The van der Waals surface area contributed by atoms with E-state index in [4.69, 9.17) is 0 Å². The van der Waals surface area contributed by atoms with E-state index in [2.05, 4.69) is 21.0 Å². The van der Waals surface area contributed by atoms with Crippen molar-refractivity contribution in [2.45, 2.75) is 25.2 Å². The number of rotatable bonds is 3. The molecule has 1 unspecified atom stereocenters. The van der Waals surface area contributed by atoms with E-state index in [9.17, 15) is 13.2 Å². The third-order valence-electron chi connectivity index (χ3n) is 5.81. The van der Waals surface area contributed by atoms with E-state index in [1.807, 2.05) is 37.6 Å². The number of nitrogens with one attached hydrogen (secondary N) is 1. The fraction of sp³-hybridized carbons (Fsp3) is 0.261. The number of fused-ring (bicyclic) bond motifs is 3. The van der Waals surface area contributed by atoms with Crippen LogP contribution in [0.1, 0.15) is 34.0 Å². The van der Waals surface area contributed by atoms with Crippen molar-refractivity contribution < 1.29 is 13.2 Å². The highest BCUT2D eigenvalue weighted by molar-refractivity contribution is 5.85. The Labute approximate surface area is 171 Å². The lowest BCUT2D eigenvalue weighted by atomic mass is 9.91. The van der Waals surface area contributed by atoms with E-state index in [0.29, 0.717) is 12.1 Å². The van der Waals surface area contributed by atoms with Crippen LogP contribution >= 0.6 is 0 Å². The van der Waals surface area contributed by atoms with Crippen molar-refractivity contribution in [2.75, 3.05) is 6.54 Å². The van der Waals surface area contributed by atoms with Crippen LogP contribution in [0.25, 0.3) is 10.9 Å². The van der Waals surface area contributed by atoms with Crippen molar-refractivity contribution >= 4 is 10.9 Å². The molecule has 1 atom stereocenters. The highest BCUT2D eigenvalue weighted by Crippen LogP contribution is 2.40. The first-order valence-electron chi connectivity index (χ1n) is 9.88. The number of aromatic nitrogens is 3. The van der Waals surface area contributed by atoms with Gasteiger partial charge in [-0.1, -0.05) is 30.3 Å². The van der Waals surface area contributed by atoms with E-state index in [-0.39, 0.29) is 6.04 Å². The van der Waals surface area contributed by atoms with Crippen LogP contribution in [0.15, 0.2) is 60.9 Å². The molecule has 0 saturated heterocycles. The summed E-state index contributed by atoms with van der Waals surface area (Å²) in [5, 5.41) is 5.38. The normalized spacial score (nSPS) is 17.4. The fourth-order valence-electron chi connectivity index (χ4n) is 4.51. The second-order valence-corrected chi connectivity index (χ2v) is 7.83. The van der Waals surface area contributed by atoms with Crippen LogP contribution < -0.4 is 0 Å². The Hall–Kier alpha value is -3.06. The summed E-state index contributed by atoms with van der Waals surface area (Å²) >= 11 is 0. The van der Waals surface area contributed by atoms with Crippen molar-refractivity contribution in [1.29, 1.82) is 0 Å². The Kier molecular flexibility index (Phi) is 4.43. The number of nitrogens with zero attached hydrogens (tertiary/aromatic N) is 3. The number of benzene rings is 2. The molecular formula is C23H21F3N4. The third kappa shape index (κ3) is 3.29. The maximum Gasteiger partial charge on any atom is 0.416 e. The van der Waals surface area contributed by atoms with Gasteiger partial charge in [0.2, 0.25) is 0 Å². The van der Waals surface area contributed by atoms with Gasteiger partial charge in [-0.15, -0.1) is 0 Å². The Morgan fingerprint density at radius 2 is 1.97 bits per heavy atom. The van der Waals surface area contributed by atoms with Crippen molar-refractivity contribution in [2.24, 2.45) is 7.05 Å². The SMILES string of the molecule is Cn1cc(CN2CCc3c([nH]c4ccccc34)C2c2cccc(C(F)(F)F)c2)cn1. The maximum atomic E-state index is 13.4. The summed E-state index contributed by atoms with van der Waals surface area (Å²) in [6.07, 6.45) is 0.227. The van der Waals surface area contributed by atoms with Gasteiger partial charge in [0.25, 0.3) is 0 Å². The van der Waals surface area contributed by atoms with Gasteiger partial charge in [0, 0.05) is 48.5 Å². The van der Waals surface area contributed by atoms with Crippen molar-refractivity contribution in [3.8, 4) is 0 Å². The zero-order valence-electron chi connectivity index (χ0n) is 16.4. The number of halogens is 3. The van der Waals surface area contributed by atoms with Gasteiger partial charge in [0.15, 0.2) is 0 Å². The average Bonchev–Trinajstić information content (AvgIpc) is 3.30. The molecule has 4 aromatic rings. The maximum absolute atomic E-state index is 13.4. The van der Waals surface area contributed by atoms with E-state index in [0.717, 1.165) is 41.2 Å². The van der Waals surface area contributed by atoms with Crippen LogP contribution in [0.5, 0.6) is 0 Å². The summed E-state index contributed by atoms with van der Waals surface area (Å²) in [5.74, 6) is 0.